The van der Waals surface area contributed by atoms with E-state index < -0.39 is 11.6 Å². The van der Waals surface area contributed by atoms with E-state index in [1.165, 1.54) is 12.3 Å². The summed E-state index contributed by atoms with van der Waals surface area (Å²) in [6.07, 6.45) is 1.49. The third-order valence-electron chi connectivity index (χ3n) is 5.22. The van der Waals surface area contributed by atoms with Gasteiger partial charge in [-0.1, -0.05) is 30.3 Å². The van der Waals surface area contributed by atoms with Gasteiger partial charge in [0.15, 0.2) is 0 Å². The van der Waals surface area contributed by atoms with Crippen LogP contribution in [0.4, 0.5) is 16.0 Å². The molecule has 1 saturated heterocycles. The number of halogens is 2. The molecule has 4 rings (SSSR count). The van der Waals surface area contributed by atoms with Crippen molar-refractivity contribution in [2.45, 2.75) is 6.04 Å². The summed E-state index contributed by atoms with van der Waals surface area (Å²) < 4.78 is 14.1. The van der Waals surface area contributed by atoms with Gasteiger partial charge >= 0.3 is 0 Å². The van der Waals surface area contributed by atoms with Crippen molar-refractivity contribution in [1.82, 2.24) is 15.3 Å². The van der Waals surface area contributed by atoms with Crippen molar-refractivity contribution in [3.05, 3.63) is 88.7 Å². The third kappa shape index (κ3) is 4.42. The van der Waals surface area contributed by atoms with Crippen LogP contribution in [0.5, 0.6) is 0 Å². The van der Waals surface area contributed by atoms with Gasteiger partial charge in [0.05, 0.1) is 5.56 Å². The first kappa shape index (κ1) is 21.0. The van der Waals surface area contributed by atoms with E-state index in [1.807, 2.05) is 24.3 Å². The zero-order valence-electron chi connectivity index (χ0n) is 16.7. The van der Waals surface area contributed by atoms with Crippen molar-refractivity contribution in [2.75, 3.05) is 30.3 Å². The Morgan fingerprint density at radius 2 is 2.06 bits per heavy atom. The molecule has 6 nitrogen and oxygen atoms in total. The van der Waals surface area contributed by atoms with E-state index in [4.69, 9.17) is 17.3 Å². The average molecular weight is 438 g/mol. The van der Waals surface area contributed by atoms with Gasteiger partial charge in [-0.25, -0.2) is 14.4 Å². The van der Waals surface area contributed by atoms with Gasteiger partial charge < -0.3 is 16.0 Å². The molecule has 8 heteroatoms. The number of nitrogens with two attached hydrogens (primary N) is 1. The van der Waals surface area contributed by atoms with Gasteiger partial charge in [0.25, 0.3) is 0 Å². The minimum atomic E-state index is -0.734. The quantitative estimate of drug-likeness (QED) is 0.586. The molecule has 1 unspecified atom stereocenters. The Morgan fingerprint density at radius 1 is 1.23 bits per heavy atom. The van der Waals surface area contributed by atoms with E-state index in [9.17, 15) is 9.18 Å². The number of piperazine rings is 1. The van der Waals surface area contributed by atoms with Crippen LogP contribution in [0.1, 0.15) is 33.2 Å². The summed E-state index contributed by atoms with van der Waals surface area (Å²) in [5.74, 6) is -0.590. The molecule has 1 aliphatic rings. The first-order valence-corrected chi connectivity index (χ1v) is 10.2. The number of nitrogen functional groups attached to an aromatic ring is 1. The molecule has 1 atom stereocenters. The number of aromatic nitrogens is 2. The van der Waals surface area contributed by atoms with Gasteiger partial charge in [0.1, 0.15) is 23.2 Å². The summed E-state index contributed by atoms with van der Waals surface area (Å²) >= 11 is 6.14. The molecule has 0 spiro atoms. The molecule has 1 aliphatic heterocycles. The number of benzene rings is 1. The first-order chi connectivity index (χ1) is 14.9. The number of pyridine rings is 2. The topological polar surface area (TPSA) is 84.1 Å². The highest BCUT2D eigenvalue weighted by atomic mass is 35.5. The molecule has 2 aromatic heterocycles. The molecule has 0 aliphatic carbocycles. The van der Waals surface area contributed by atoms with Gasteiger partial charge in [-0.15, -0.1) is 0 Å². The standard InChI is InChI=1S/C23H21ClFN5O/c1-14(25)17-7-8-20(29-21(17)22(31)18-6-3-9-28-23(18)26)30-11-10-27-19(13-30)15-4-2-5-16(24)12-15/h2-9,12,19,27H,1,10-11,13H2,(H2,26,28). The van der Waals surface area contributed by atoms with Gasteiger partial charge in [-0.05, 0) is 42.0 Å². The Balaban J connectivity index is 1.68. The van der Waals surface area contributed by atoms with Crippen LogP contribution in [0.2, 0.25) is 5.02 Å². The van der Waals surface area contributed by atoms with E-state index in [-0.39, 0.29) is 28.7 Å². The molecule has 0 radical (unpaired) electrons. The zero-order chi connectivity index (χ0) is 22.0. The summed E-state index contributed by atoms with van der Waals surface area (Å²) in [7, 11) is 0. The van der Waals surface area contributed by atoms with Crippen molar-refractivity contribution in [3.8, 4) is 0 Å². The van der Waals surface area contributed by atoms with Gasteiger partial charge in [-0.2, -0.15) is 0 Å². The fourth-order valence-corrected chi connectivity index (χ4v) is 3.86. The predicted molar refractivity (Wildman–Crippen MR) is 121 cm³/mol. The largest absolute Gasteiger partial charge is 0.383 e. The van der Waals surface area contributed by atoms with Gasteiger partial charge in [-0.3, -0.25) is 4.79 Å². The second-order valence-corrected chi connectivity index (χ2v) is 7.68. The second kappa shape index (κ2) is 8.83. The van der Waals surface area contributed by atoms with Gasteiger partial charge in [0.2, 0.25) is 5.78 Å². The Labute approximate surface area is 184 Å². The van der Waals surface area contributed by atoms with Crippen LogP contribution in [0.3, 0.4) is 0 Å². The maximum atomic E-state index is 14.1. The molecule has 3 N–H and O–H groups in total. The van der Waals surface area contributed by atoms with Crippen LogP contribution in [-0.4, -0.2) is 35.4 Å². The van der Waals surface area contributed by atoms with Gasteiger partial charge in [0, 0.05) is 42.5 Å². The monoisotopic (exact) mass is 437 g/mol. The number of nitrogens with one attached hydrogen (secondary N) is 1. The highest BCUT2D eigenvalue weighted by Crippen LogP contribution is 2.27. The number of anilines is 2. The number of rotatable bonds is 5. The fourth-order valence-electron chi connectivity index (χ4n) is 3.66. The van der Waals surface area contributed by atoms with Crippen molar-refractivity contribution in [1.29, 1.82) is 0 Å². The lowest BCUT2D eigenvalue weighted by molar-refractivity contribution is 0.103. The maximum absolute atomic E-state index is 14.1. The molecule has 0 saturated carbocycles. The Morgan fingerprint density at radius 3 is 2.81 bits per heavy atom. The van der Waals surface area contributed by atoms with Crippen molar-refractivity contribution in [3.63, 3.8) is 0 Å². The number of ketones is 1. The highest BCUT2D eigenvalue weighted by molar-refractivity contribution is 6.30. The van der Waals surface area contributed by atoms with Crippen LogP contribution in [0.25, 0.3) is 5.83 Å². The molecule has 3 aromatic rings. The molecular weight excluding hydrogens is 417 g/mol. The van der Waals surface area contributed by atoms with Crippen molar-refractivity contribution in [2.24, 2.45) is 0 Å². The van der Waals surface area contributed by atoms with Crippen LogP contribution < -0.4 is 16.0 Å². The molecule has 1 aromatic carbocycles. The minimum absolute atomic E-state index is 0.0393. The third-order valence-corrected chi connectivity index (χ3v) is 5.46. The van der Waals surface area contributed by atoms with Crippen molar-refractivity contribution >= 4 is 34.8 Å². The number of hydrogen-bond donors (Lipinski definition) is 2. The van der Waals surface area contributed by atoms with E-state index in [1.54, 1.807) is 18.2 Å². The predicted octanol–water partition coefficient (Wildman–Crippen LogP) is 4.03. The summed E-state index contributed by atoms with van der Waals surface area (Å²) in [5, 5.41) is 4.14. The summed E-state index contributed by atoms with van der Waals surface area (Å²) in [6.45, 7) is 5.36. The van der Waals surface area contributed by atoms with E-state index in [0.29, 0.717) is 23.9 Å². The van der Waals surface area contributed by atoms with Crippen LogP contribution >= 0.6 is 11.6 Å². The Kier molecular flexibility index (Phi) is 5.97. The average Bonchev–Trinajstić information content (AvgIpc) is 2.78. The molecule has 3 heterocycles. The number of nitrogens with zero attached hydrogens (tertiary/aromatic N) is 3. The first-order valence-electron chi connectivity index (χ1n) is 9.79. The zero-order valence-corrected chi connectivity index (χ0v) is 17.4. The minimum Gasteiger partial charge on any atom is -0.383 e. The lowest BCUT2D eigenvalue weighted by Crippen LogP contribution is -2.46. The Hall–Kier alpha value is -3.29. The second-order valence-electron chi connectivity index (χ2n) is 7.24. The SMILES string of the molecule is C=C(F)c1ccc(N2CCNC(c3cccc(Cl)c3)C2)nc1C(=O)c1cccnc1N. The van der Waals surface area contributed by atoms with Crippen LogP contribution in [0.15, 0.2) is 61.3 Å². The van der Waals surface area contributed by atoms with E-state index in [2.05, 4.69) is 26.8 Å². The van der Waals surface area contributed by atoms with Crippen molar-refractivity contribution < 1.29 is 9.18 Å². The maximum Gasteiger partial charge on any atom is 0.215 e. The lowest BCUT2D eigenvalue weighted by Gasteiger charge is -2.35. The Bertz CT molecular complexity index is 1150. The molecule has 158 valence electrons. The molecule has 0 amide bonds. The number of carbonyl (C=O) groups excluding carboxylic acids is 1. The molecule has 1 fully saturated rings. The van der Waals surface area contributed by atoms with E-state index in [0.717, 1.165) is 12.1 Å². The van der Waals surface area contributed by atoms with Crippen LogP contribution in [-0.2, 0) is 0 Å². The smallest absolute Gasteiger partial charge is 0.215 e. The normalized spacial score (nSPS) is 16.2. The highest BCUT2D eigenvalue weighted by Gasteiger charge is 2.25. The number of hydrogen-bond acceptors (Lipinski definition) is 6. The molecule has 31 heavy (non-hydrogen) atoms. The van der Waals surface area contributed by atoms with Crippen LogP contribution in [0, 0.1) is 0 Å². The summed E-state index contributed by atoms with van der Waals surface area (Å²) in [4.78, 5) is 23.6. The summed E-state index contributed by atoms with van der Waals surface area (Å²) in [5.41, 5.74) is 7.09. The molecular formula is C23H21ClFN5O. The fraction of sp³-hybridized carbons (Fsp3) is 0.174. The van der Waals surface area contributed by atoms with E-state index >= 15 is 0 Å². The lowest BCUT2D eigenvalue weighted by atomic mass is 10.0. The number of carbonyl (C=O) groups is 1. The molecule has 0 bridgehead atoms. The summed E-state index contributed by atoms with van der Waals surface area (Å²) in [6, 6.07) is 14.1.